The highest BCUT2D eigenvalue weighted by molar-refractivity contribution is 5.69. The lowest BCUT2D eigenvalue weighted by Crippen LogP contribution is -2.18. The van der Waals surface area contributed by atoms with Crippen molar-refractivity contribution in [2.24, 2.45) is 0 Å². The fourth-order valence-electron chi connectivity index (χ4n) is 2.02. The van der Waals surface area contributed by atoms with Crippen LogP contribution >= 0.6 is 0 Å². The zero-order chi connectivity index (χ0) is 22.1. The second kappa shape index (κ2) is 15.8. The van der Waals surface area contributed by atoms with Gasteiger partial charge in [-0.05, 0) is 52.2 Å². The van der Waals surface area contributed by atoms with E-state index in [2.05, 4.69) is 11.8 Å². The van der Waals surface area contributed by atoms with E-state index < -0.39 is 17.8 Å². The molecular formula is C24H36O5. The molecule has 0 heterocycles. The van der Waals surface area contributed by atoms with Gasteiger partial charge in [-0.3, -0.25) is 4.79 Å². The minimum Gasteiger partial charge on any atom is -0.463 e. The fraction of sp³-hybridized carbons (Fsp3) is 0.542. The van der Waals surface area contributed by atoms with Crippen molar-refractivity contribution in [3.63, 3.8) is 0 Å². The molecular weight excluding hydrogens is 368 g/mol. The van der Waals surface area contributed by atoms with Gasteiger partial charge in [-0.1, -0.05) is 55.2 Å². The van der Waals surface area contributed by atoms with E-state index in [9.17, 15) is 20.1 Å². The van der Waals surface area contributed by atoms with Crippen LogP contribution in [0.4, 0.5) is 0 Å². The first kappa shape index (κ1) is 26.9. The van der Waals surface area contributed by atoms with E-state index in [0.29, 0.717) is 32.1 Å². The van der Waals surface area contributed by atoms with Crippen molar-refractivity contribution in [2.45, 2.75) is 83.7 Å². The molecule has 0 bridgehead atoms. The number of rotatable bonds is 12. The van der Waals surface area contributed by atoms with Gasteiger partial charge < -0.3 is 20.1 Å². The van der Waals surface area contributed by atoms with Crippen LogP contribution in [0.1, 0.15) is 59.8 Å². The zero-order valence-electron chi connectivity index (χ0n) is 18.0. The Morgan fingerprint density at radius 1 is 1.10 bits per heavy atom. The Kier molecular flexibility index (Phi) is 14.6. The third kappa shape index (κ3) is 17.7. The molecule has 0 radical (unpaired) electrons. The molecule has 0 saturated heterocycles. The number of carbonyl (C=O) groups is 1. The Hall–Kier alpha value is -2.13. The van der Waals surface area contributed by atoms with E-state index >= 15 is 0 Å². The summed E-state index contributed by atoms with van der Waals surface area (Å²) in [4.78, 5) is 11.4. The molecule has 0 aliphatic heterocycles. The van der Waals surface area contributed by atoms with Crippen molar-refractivity contribution in [3.8, 4) is 11.8 Å². The van der Waals surface area contributed by atoms with Gasteiger partial charge in [0.15, 0.2) is 0 Å². The number of ether oxygens (including phenoxy) is 1. The van der Waals surface area contributed by atoms with Crippen molar-refractivity contribution in [2.75, 3.05) is 0 Å². The zero-order valence-corrected chi connectivity index (χ0v) is 18.0. The molecule has 0 unspecified atom stereocenters. The van der Waals surface area contributed by atoms with E-state index in [-0.39, 0.29) is 12.1 Å². The summed E-state index contributed by atoms with van der Waals surface area (Å²) in [5.74, 6) is 5.38. The maximum Gasteiger partial charge on any atom is 0.306 e. The smallest absolute Gasteiger partial charge is 0.306 e. The van der Waals surface area contributed by atoms with E-state index in [1.165, 1.54) is 0 Å². The predicted octanol–water partition coefficient (Wildman–Crippen LogP) is 3.61. The van der Waals surface area contributed by atoms with Gasteiger partial charge in [0.25, 0.3) is 0 Å². The summed E-state index contributed by atoms with van der Waals surface area (Å²) in [5.41, 5.74) is -0.849. The first-order valence-corrected chi connectivity index (χ1v) is 10.1. The lowest BCUT2D eigenvalue weighted by atomic mass is 10.0. The van der Waals surface area contributed by atoms with Crippen molar-refractivity contribution in [1.82, 2.24) is 0 Å². The van der Waals surface area contributed by atoms with Gasteiger partial charge in [-0.2, -0.15) is 0 Å². The average Bonchev–Trinajstić information content (AvgIpc) is 2.63. The molecule has 0 fully saturated rings. The maximum atomic E-state index is 11.4. The molecule has 0 saturated carbocycles. The minimum atomic E-state index is -0.849. The maximum absolute atomic E-state index is 11.4. The molecule has 5 heteroatoms. The predicted molar refractivity (Wildman–Crippen MR) is 117 cm³/mol. The van der Waals surface area contributed by atoms with Gasteiger partial charge in [0, 0.05) is 12.8 Å². The second-order valence-corrected chi connectivity index (χ2v) is 7.29. The lowest BCUT2D eigenvalue weighted by molar-refractivity contribution is -0.147. The molecule has 5 nitrogen and oxygen atoms in total. The summed E-state index contributed by atoms with van der Waals surface area (Å²) in [6, 6.07) is 0. The standard InChI is InChI=1S/C24H36O5/c1-5-24(4,28)19-12-8-11-16-21(25)14-9-6-7-10-15-22(26)17-13-18-23(27)29-20(2)3/h6-7,9-10,12,14-15,19-22,25-26,28H,5,13,16-18H2,1-4H3/t21-,22+,24+/m0/s1. The molecule has 0 amide bonds. The summed E-state index contributed by atoms with van der Waals surface area (Å²) < 4.78 is 5.03. The molecule has 0 spiro atoms. The Bertz CT molecular complexity index is 629. The highest BCUT2D eigenvalue weighted by Gasteiger charge is 2.11. The quantitative estimate of drug-likeness (QED) is 0.263. The second-order valence-electron chi connectivity index (χ2n) is 7.29. The third-order valence-corrected chi connectivity index (χ3v) is 3.90. The Morgan fingerprint density at radius 3 is 2.31 bits per heavy atom. The number of carbonyl (C=O) groups excluding carboxylic acids is 1. The topological polar surface area (TPSA) is 87.0 Å². The lowest BCUT2D eigenvalue weighted by Gasteiger charge is -2.14. The molecule has 29 heavy (non-hydrogen) atoms. The Labute approximate surface area is 175 Å². The number of hydrogen-bond acceptors (Lipinski definition) is 5. The largest absolute Gasteiger partial charge is 0.463 e. The Balaban J connectivity index is 4.07. The van der Waals surface area contributed by atoms with E-state index in [0.717, 1.165) is 0 Å². The van der Waals surface area contributed by atoms with Crippen molar-refractivity contribution < 1.29 is 24.9 Å². The van der Waals surface area contributed by atoms with Crippen LogP contribution in [0.2, 0.25) is 0 Å². The van der Waals surface area contributed by atoms with Crippen LogP contribution in [0.25, 0.3) is 0 Å². The van der Waals surface area contributed by atoms with Gasteiger partial charge in [0.1, 0.15) is 0 Å². The normalized spacial score (nSPS) is 16.4. The summed E-state index contributed by atoms with van der Waals surface area (Å²) in [6.45, 7) is 7.22. The van der Waals surface area contributed by atoms with Crippen LogP contribution in [0.15, 0.2) is 48.6 Å². The minimum absolute atomic E-state index is 0.115. The summed E-state index contributed by atoms with van der Waals surface area (Å²) >= 11 is 0. The number of aliphatic hydroxyl groups is 3. The molecule has 0 aromatic rings. The van der Waals surface area contributed by atoms with Crippen LogP contribution in [-0.4, -0.2) is 45.2 Å². The number of allylic oxidation sites excluding steroid dienone is 5. The molecule has 3 atom stereocenters. The van der Waals surface area contributed by atoms with Crippen molar-refractivity contribution in [1.29, 1.82) is 0 Å². The first-order valence-electron chi connectivity index (χ1n) is 10.1. The number of esters is 1. The SMILES string of the molecule is CC[C@@](C)(O)C=CC#CC[C@@H](O)C=CC=CC=C[C@@H](O)CCCC(=O)OC(C)C. The first-order chi connectivity index (χ1) is 13.7. The van der Waals surface area contributed by atoms with Crippen LogP contribution < -0.4 is 0 Å². The van der Waals surface area contributed by atoms with Gasteiger partial charge in [-0.25, -0.2) is 0 Å². The summed E-state index contributed by atoms with van der Waals surface area (Å²) in [7, 11) is 0. The van der Waals surface area contributed by atoms with Gasteiger partial charge in [0.2, 0.25) is 0 Å². The van der Waals surface area contributed by atoms with Crippen molar-refractivity contribution >= 4 is 5.97 Å². The van der Waals surface area contributed by atoms with Gasteiger partial charge in [-0.15, -0.1) is 0 Å². The molecule has 3 N–H and O–H groups in total. The van der Waals surface area contributed by atoms with Gasteiger partial charge in [0.05, 0.1) is 23.9 Å². The average molecular weight is 405 g/mol. The molecule has 0 aliphatic carbocycles. The molecule has 0 aliphatic rings. The third-order valence-electron chi connectivity index (χ3n) is 3.90. The summed E-state index contributed by atoms with van der Waals surface area (Å²) in [6.07, 6.45) is 14.3. The van der Waals surface area contributed by atoms with Gasteiger partial charge >= 0.3 is 5.97 Å². The van der Waals surface area contributed by atoms with Crippen molar-refractivity contribution in [3.05, 3.63) is 48.6 Å². The Morgan fingerprint density at radius 2 is 1.72 bits per heavy atom. The molecule has 0 aromatic heterocycles. The number of aliphatic hydroxyl groups excluding tert-OH is 2. The highest BCUT2D eigenvalue weighted by Crippen LogP contribution is 2.09. The van der Waals surface area contributed by atoms with E-state index in [1.54, 1.807) is 69.4 Å². The van der Waals surface area contributed by atoms with E-state index in [1.807, 2.05) is 6.92 Å². The molecule has 162 valence electrons. The van der Waals surface area contributed by atoms with Crippen LogP contribution in [0.3, 0.4) is 0 Å². The molecule has 0 aromatic carbocycles. The number of hydrogen-bond donors (Lipinski definition) is 3. The van der Waals surface area contributed by atoms with Crippen LogP contribution in [0.5, 0.6) is 0 Å². The fourth-order valence-corrected chi connectivity index (χ4v) is 2.02. The summed E-state index contributed by atoms with van der Waals surface area (Å²) in [5, 5.41) is 29.4. The highest BCUT2D eigenvalue weighted by atomic mass is 16.5. The van der Waals surface area contributed by atoms with Crippen LogP contribution in [-0.2, 0) is 9.53 Å². The van der Waals surface area contributed by atoms with Crippen LogP contribution in [0, 0.1) is 11.8 Å². The monoisotopic (exact) mass is 404 g/mol. The molecule has 0 rings (SSSR count). The van der Waals surface area contributed by atoms with E-state index in [4.69, 9.17) is 4.74 Å².